The van der Waals surface area contributed by atoms with E-state index < -0.39 is 34.8 Å². The Kier molecular flexibility index (Phi) is 8.55. The van der Waals surface area contributed by atoms with Gasteiger partial charge >= 0.3 is 12.1 Å². The maximum Gasteiger partial charge on any atom is 0.418 e. The summed E-state index contributed by atoms with van der Waals surface area (Å²) >= 11 is 1.13. The average molecular weight is 515 g/mol. The summed E-state index contributed by atoms with van der Waals surface area (Å²) in [5, 5.41) is 12.9. The lowest BCUT2D eigenvalue weighted by Crippen LogP contribution is -2.21. The summed E-state index contributed by atoms with van der Waals surface area (Å²) in [5.74, 6) is -2.45. The Hall–Kier alpha value is -4.05. The molecule has 1 unspecified atom stereocenters. The number of hydrogen-bond donors (Lipinski definition) is 3. The fraction of sp³-hybridized carbons (Fsp3) is 0.115. The topological polar surface area (TPSA) is 95.5 Å². The van der Waals surface area contributed by atoms with Gasteiger partial charge in [0.05, 0.1) is 11.3 Å². The zero-order valence-electron chi connectivity index (χ0n) is 18.9. The van der Waals surface area contributed by atoms with Crippen LogP contribution in [0.15, 0.2) is 95.4 Å². The SMILES string of the molecule is CC(=CC(=O)Nc1ccc(SC(C(=O)Nc2ccccc2C(F)(F)F)c2ccccc2)cc1)C(=O)O. The minimum atomic E-state index is -4.63. The maximum absolute atomic E-state index is 13.4. The third-order valence-electron chi connectivity index (χ3n) is 4.89. The Bertz CT molecular complexity index is 1280. The normalized spacial score (nSPS) is 12.5. The number of amides is 2. The van der Waals surface area contributed by atoms with Crippen molar-refractivity contribution in [2.75, 3.05) is 10.6 Å². The van der Waals surface area contributed by atoms with E-state index in [1.807, 2.05) is 0 Å². The van der Waals surface area contributed by atoms with Crippen LogP contribution in [0.4, 0.5) is 24.5 Å². The monoisotopic (exact) mass is 514 g/mol. The third kappa shape index (κ3) is 7.22. The van der Waals surface area contributed by atoms with Gasteiger partial charge in [-0.05, 0) is 48.9 Å². The molecule has 10 heteroatoms. The van der Waals surface area contributed by atoms with Crippen molar-refractivity contribution in [3.8, 4) is 0 Å². The number of para-hydroxylation sites is 1. The van der Waals surface area contributed by atoms with Crippen molar-refractivity contribution in [2.24, 2.45) is 0 Å². The van der Waals surface area contributed by atoms with Crippen molar-refractivity contribution in [1.82, 2.24) is 0 Å². The minimum absolute atomic E-state index is 0.122. The molecule has 0 spiro atoms. The smallest absolute Gasteiger partial charge is 0.418 e. The largest absolute Gasteiger partial charge is 0.478 e. The number of hydrogen-bond acceptors (Lipinski definition) is 4. The number of halogens is 3. The van der Waals surface area contributed by atoms with Crippen molar-refractivity contribution >= 4 is 40.9 Å². The molecule has 0 bridgehead atoms. The van der Waals surface area contributed by atoms with Crippen LogP contribution < -0.4 is 10.6 Å². The molecule has 0 aliphatic heterocycles. The Morgan fingerprint density at radius 1 is 0.889 bits per heavy atom. The minimum Gasteiger partial charge on any atom is -0.478 e. The van der Waals surface area contributed by atoms with Gasteiger partial charge in [0.15, 0.2) is 0 Å². The van der Waals surface area contributed by atoms with Gasteiger partial charge in [0.2, 0.25) is 11.8 Å². The number of nitrogens with one attached hydrogen (secondary N) is 2. The molecule has 0 heterocycles. The molecule has 3 rings (SSSR count). The summed E-state index contributed by atoms with van der Waals surface area (Å²) in [6, 6.07) is 19.8. The Morgan fingerprint density at radius 2 is 1.50 bits per heavy atom. The van der Waals surface area contributed by atoms with Gasteiger partial charge in [0, 0.05) is 22.2 Å². The van der Waals surface area contributed by atoms with Gasteiger partial charge in [-0.15, -0.1) is 11.8 Å². The van der Waals surface area contributed by atoms with E-state index in [1.165, 1.54) is 25.1 Å². The highest BCUT2D eigenvalue weighted by atomic mass is 32.2. The summed E-state index contributed by atoms with van der Waals surface area (Å²) in [6.07, 6.45) is -3.67. The van der Waals surface area contributed by atoms with E-state index >= 15 is 0 Å². The molecular weight excluding hydrogens is 493 g/mol. The van der Waals surface area contributed by atoms with E-state index in [0.29, 0.717) is 16.1 Å². The van der Waals surface area contributed by atoms with Crippen molar-refractivity contribution in [3.05, 3.63) is 102 Å². The first-order valence-corrected chi connectivity index (χ1v) is 11.4. The van der Waals surface area contributed by atoms with Crippen LogP contribution in [-0.4, -0.2) is 22.9 Å². The Labute approximate surface area is 209 Å². The van der Waals surface area contributed by atoms with Gasteiger partial charge in [-0.3, -0.25) is 9.59 Å². The van der Waals surface area contributed by atoms with Crippen LogP contribution >= 0.6 is 11.8 Å². The number of carbonyl (C=O) groups excluding carboxylic acids is 2. The van der Waals surface area contributed by atoms with E-state index in [0.717, 1.165) is 23.9 Å². The summed E-state index contributed by atoms with van der Waals surface area (Å²) in [6.45, 7) is 1.30. The number of carbonyl (C=O) groups is 3. The molecule has 186 valence electrons. The van der Waals surface area contributed by atoms with Gasteiger partial charge in [-0.2, -0.15) is 13.2 Å². The van der Waals surface area contributed by atoms with Crippen molar-refractivity contribution in [1.29, 1.82) is 0 Å². The molecular formula is C26H21F3N2O4S. The van der Waals surface area contributed by atoms with Gasteiger partial charge in [-0.1, -0.05) is 42.5 Å². The van der Waals surface area contributed by atoms with E-state index in [9.17, 15) is 27.6 Å². The van der Waals surface area contributed by atoms with E-state index in [2.05, 4.69) is 10.6 Å². The fourth-order valence-corrected chi connectivity index (χ4v) is 4.15. The van der Waals surface area contributed by atoms with Crippen LogP contribution in [0.3, 0.4) is 0 Å². The predicted octanol–water partition coefficient (Wildman–Crippen LogP) is 6.15. The molecule has 3 aromatic rings. The number of rotatable bonds is 8. The molecule has 0 radical (unpaired) electrons. The van der Waals surface area contributed by atoms with Gasteiger partial charge in [0.1, 0.15) is 5.25 Å². The predicted molar refractivity (Wildman–Crippen MR) is 132 cm³/mol. The van der Waals surface area contributed by atoms with Crippen LogP contribution in [-0.2, 0) is 20.6 Å². The lowest BCUT2D eigenvalue weighted by Gasteiger charge is -2.19. The lowest BCUT2D eigenvalue weighted by molar-refractivity contribution is -0.137. The second kappa shape index (κ2) is 11.6. The summed E-state index contributed by atoms with van der Waals surface area (Å²) < 4.78 is 40.2. The number of carboxylic acid groups (broad SMARTS) is 1. The van der Waals surface area contributed by atoms with Crippen LogP contribution in [0.1, 0.15) is 23.3 Å². The summed E-state index contributed by atoms with van der Waals surface area (Å²) in [4.78, 5) is 36.6. The van der Waals surface area contributed by atoms with Crippen LogP contribution in [0.25, 0.3) is 0 Å². The van der Waals surface area contributed by atoms with Crippen LogP contribution in [0.2, 0.25) is 0 Å². The lowest BCUT2D eigenvalue weighted by atomic mass is 10.1. The molecule has 36 heavy (non-hydrogen) atoms. The maximum atomic E-state index is 13.4. The van der Waals surface area contributed by atoms with Gasteiger partial charge in [0.25, 0.3) is 0 Å². The first-order chi connectivity index (χ1) is 17.0. The molecule has 0 saturated carbocycles. The standard InChI is InChI=1S/C26H21F3N2O4S/c1-16(25(34)35)15-22(32)30-18-11-13-19(14-12-18)36-23(17-7-3-2-4-8-17)24(33)31-21-10-6-5-9-20(21)26(27,28)29/h2-15,23H,1H3,(H,30,32)(H,31,33)(H,34,35). The second-order valence-electron chi connectivity index (χ2n) is 7.59. The first kappa shape index (κ1) is 26.6. The number of thioether (sulfide) groups is 1. The fourth-order valence-electron chi connectivity index (χ4n) is 3.13. The van der Waals surface area contributed by atoms with E-state index in [4.69, 9.17) is 5.11 Å². The molecule has 0 aromatic heterocycles. The van der Waals surface area contributed by atoms with Crippen molar-refractivity contribution < 1.29 is 32.7 Å². The highest BCUT2D eigenvalue weighted by molar-refractivity contribution is 8.00. The molecule has 0 saturated heterocycles. The number of alkyl halides is 3. The Morgan fingerprint density at radius 3 is 2.11 bits per heavy atom. The van der Waals surface area contributed by atoms with Crippen LogP contribution in [0.5, 0.6) is 0 Å². The summed E-state index contributed by atoms with van der Waals surface area (Å²) in [5.41, 5.74) is -0.403. The zero-order valence-corrected chi connectivity index (χ0v) is 19.7. The molecule has 6 nitrogen and oxygen atoms in total. The number of benzene rings is 3. The van der Waals surface area contributed by atoms with E-state index in [-0.39, 0.29) is 11.3 Å². The van der Waals surface area contributed by atoms with Gasteiger partial charge in [-0.25, -0.2) is 4.79 Å². The molecule has 2 amide bonds. The van der Waals surface area contributed by atoms with Crippen LogP contribution in [0, 0.1) is 0 Å². The van der Waals surface area contributed by atoms with Crippen molar-refractivity contribution in [2.45, 2.75) is 23.2 Å². The molecule has 0 fully saturated rings. The first-order valence-electron chi connectivity index (χ1n) is 10.6. The molecule has 0 aliphatic carbocycles. The van der Waals surface area contributed by atoms with Crippen molar-refractivity contribution in [3.63, 3.8) is 0 Å². The molecule has 3 aromatic carbocycles. The Balaban J connectivity index is 1.80. The molecule has 0 aliphatic rings. The molecule has 3 N–H and O–H groups in total. The highest BCUT2D eigenvalue weighted by Crippen LogP contribution is 2.39. The number of aliphatic carboxylic acids is 1. The third-order valence-corrected chi connectivity index (χ3v) is 6.16. The zero-order chi connectivity index (χ0) is 26.3. The quantitative estimate of drug-likeness (QED) is 0.248. The highest BCUT2D eigenvalue weighted by Gasteiger charge is 2.34. The second-order valence-corrected chi connectivity index (χ2v) is 8.77. The summed E-state index contributed by atoms with van der Waals surface area (Å²) in [7, 11) is 0. The molecule has 1 atom stereocenters. The van der Waals surface area contributed by atoms with E-state index in [1.54, 1.807) is 54.6 Å². The number of carboxylic acids is 1. The number of anilines is 2. The van der Waals surface area contributed by atoms with Gasteiger partial charge < -0.3 is 15.7 Å². The average Bonchev–Trinajstić information content (AvgIpc) is 2.83.